The van der Waals surface area contributed by atoms with E-state index >= 15 is 0 Å². The quantitative estimate of drug-likeness (QED) is 0.711. The van der Waals surface area contributed by atoms with E-state index < -0.39 is 0 Å². The van der Waals surface area contributed by atoms with Gasteiger partial charge in [-0.25, -0.2) is 0 Å². The van der Waals surface area contributed by atoms with Gasteiger partial charge in [0.05, 0.1) is 13.2 Å². The monoisotopic (exact) mass is 213 g/mol. The smallest absolute Gasteiger partial charge is 0.223 e. The minimum absolute atomic E-state index is 0.360. The number of hydrogen-bond acceptors (Lipinski definition) is 5. The molecule has 0 bridgehead atoms. The van der Waals surface area contributed by atoms with Crippen LogP contribution in [0.2, 0.25) is 0 Å². The second-order valence-electron chi connectivity index (χ2n) is 3.60. The predicted molar refractivity (Wildman–Crippen MR) is 56.5 cm³/mol. The van der Waals surface area contributed by atoms with Gasteiger partial charge in [0, 0.05) is 20.1 Å². The Morgan fingerprint density at radius 1 is 1.53 bits per heavy atom. The highest BCUT2D eigenvalue weighted by atomic mass is 16.5. The SMILES string of the molecule is CCN(Cc1noc(C)n1)[C@H](C)COC. The first-order valence-corrected chi connectivity index (χ1v) is 5.19. The first kappa shape index (κ1) is 12.1. The maximum absolute atomic E-state index is 5.12. The van der Waals surface area contributed by atoms with E-state index in [-0.39, 0.29) is 0 Å². The minimum Gasteiger partial charge on any atom is -0.383 e. The molecule has 0 saturated heterocycles. The van der Waals surface area contributed by atoms with Crippen LogP contribution < -0.4 is 0 Å². The van der Waals surface area contributed by atoms with E-state index in [2.05, 4.69) is 28.9 Å². The molecule has 0 radical (unpaired) electrons. The zero-order valence-electron chi connectivity index (χ0n) is 9.86. The number of hydrogen-bond donors (Lipinski definition) is 0. The molecule has 0 spiro atoms. The normalized spacial score (nSPS) is 13.4. The lowest BCUT2D eigenvalue weighted by molar-refractivity contribution is 0.0960. The summed E-state index contributed by atoms with van der Waals surface area (Å²) in [6.07, 6.45) is 0. The Balaban J connectivity index is 2.53. The molecule has 0 N–H and O–H groups in total. The fourth-order valence-electron chi connectivity index (χ4n) is 1.51. The van der Waals surface area contributed by atoms with E-state index in [9.17, 15) is 0 Å². The van der Waals surface area contributed by atoms with Crippen LogP contribution in [0.5, 0.6) is 0 Å². The fraction of sp³-hybridized carbons (Fsp3) is 0.800. The minimum atomic E-state index is 0.360. The van der Waals surface area contributed by atoms with Crippen molar-refractivity contribution in [1.29, 1.82) is 0 Å². The van der Waals surface area contributed by atoms with Crippen LogP contribution in [0.4, 0.5) is 0 Å². The second-order valence-corrected chi connectivity index (χ2v) is 3.60. The molecule has 0 unspecified atom stereocenters. The summed E-state index contributed by atoms with van der Waals surface area (Å²) in [4.78, 5) is 6.42. The molecule has 1 heterocycles. The second kappa shape index (κ2) is 5.82. The highest BCUT2D eigenvalue weighted by molar-refractivity contribution is 4.84. The number of methoxy groups -OCH3 is 1. The molecule has 5 nitrogen and oxygen atoms in total. The summed E-state index contributed by atoms with van der Waals surface area (Å²) >= 11 is 0. The molecule has 0 amide bonds. The molecule has 5 heteroatoms. The van der Waals surface area contributed by atoms with Gasteiger partial charge < -0.3 is 9.26 Å². The molecule has 1 aromatic rings. The first-order chi connectivity index (χ1) is 7.17. The zero-order valence-corrected chi connectivity index (χ0v) is 9.86. The third-order valence-electron chi connectivity index (χ3n) is 2.35. The van der Waals surface area contributed by atoms with Crippen LogP contribution >= 0.6 is 0 Å². The molecule has 86 valence electrons. The van der Waals surface area contributed by atoms with Gasteiger partial charge in [-0.15, -0.1) is 0 Å². The molecule has 1 aromatic heterocycles. The lowest BCUT2D eigenvalue weighted by Gasteiger charge is -2.25. The summed E-state index contributed by atoms with van der Waals surface area (Å²) in [5.41, 5.74) is 0. The molecule has 0 aliphatic rings. The lowest BCUT2D eigenvalue weighted by Crippen LogP contribution is -2.35. The van der Waals surface area contributed by atoms with Crippen LogP contribution in [0.15, 0.2) is 4.52 Å². The summed E-state index contributed by atoms with van der Waals surface area (Å²) in [5, 5.41) is 3.88. The van der Waals surface area contributed by atoms with E-state index in [0.29, 0.717) is 25.1 Å². The summed E-state index contributed by atoms with van der Waals surface area (Å²) < 4.78 is 10.1. The average Bonchev–Trinajstić information content (AvgIpc) is 2.61. The van der Waals surface area contributed by atoms with E-state index in [1.807, 2.05) is 0 Å². The Morgan fingerprint density at radius 3 is 2.73 bits per heavy atom. The highest BCUT2D eigenvalue weighted by Gasteiger charge is 2.14. The molecule has 0 fully saturated rings. The van der Waals surface area contributed by atoms with Gasteiger partial charge >= 0.3 is 0 Å². The number of nitrogens with zero attached hydrogens (tertiary/aromatic N) is 3. The number of ether oxygens (including phenoxy) is 1. The zero-order chi connectivity index (χ0) is 11.3. The van der Waals surface area contributed by atoms with Crippen LogP contribution in [-0.2, 0) is 11.3 Å². The average molecular weight is 213 g/mol. The van der Waals surface area contributed by atoms with E-state index in [0.717, 1.165) is 12.4 Å². The van der Waals surface area contributed by atoms with Gasteiger partial charge in [-0.05, 0) is 13.5 Å². The Labute approximate surface area is 90.4 Å². The standard InChI is InChI=1S/C10H19N3O2/c1-5-13(8(2)7-14-4)6-10-11-9(3)15-12-10/h8H,5-7H2,1-4H3/t8-/m1/s1. The Hall–Kier alpha value is -0.940. The van der Waals surface area contributed by atoms with Gasteiger partial charge in [-0.3, -0.25) is 4.90 Å². The Kier molecular flexibility index (Phi) is 4.71. The Bertz CT molecular complexity index is 288. The van der Waals surface area contributed by atoms with Crippen molar-refractivity contribution in [3.05, 3.63) is 11.7 Å². The van der Waals surface area contributed by atoms with Crippen molar-refractivity contribution >= 4 is 0 Å². The van der Waals surface area contributed by atoms with Gasteiger partial charge in [0.25, 0.3) is 0 Å². The van der Waals surface area contributed by atoms with Crippen molar-refractivity contribution < 1.29 is 9.26 Å². The van der Waals surface area contributed by atoms with Gasteiger partial charge in [-0.1, -0.05) is 12.1 Å². The van der Waals surface area contributed by atoms with Crippen molar-refractivity contribution in [2.75, 3.05) is 20.3 Å². The molecule has 1 rings (SSSR count). The summed E-state index contributed by atoms with van der Waals surface area (Å²) in [5.74, 6) is 1.35. The van der Waals surface area contributed by atoms with Crippen molar-refractivity contribution in [2.24, 2.45) is 0 Å². The van der Waals surface area contributed by atoms with Crippen molar-refractivity contribution in [3.63, 3.8) is 0 Å². The topological polar surface area (TPSA) is 51.4 Å². The molecule has 1 atom stereocenters. The molecule has 0 aromatic carbocycles. The number of aryl methyl sites for hydroxylation is 1. The van der Waals surface area contributed by atoms with Crippen molar-refractivity contribution in [1.82, 2.24) is 15.0 Å². The number of likely N-dealkylation sites (N-methyl/N-ethyl adjacent to an activating group) is 1. The largest absolute Gasteiger partial charge is 0.383 e. The number of aromatic nitrogens is 2. The summed E-state index contributed by atoms with van der Waals surface area (Å²) in [7, 11) is 1.71. The van der Waals surface area contributed by atoms with Crippen LogP contribution in [-0.4, -0.2) is 41.3 Å². The van der Waals surface area contributed by atoms with Gasteiger partial charge in [0.1, 0.15) is 0 Å². The van der Waals surface area contributed by atoms with Crippen LogP contribution in [0.3, 0.4) is 0 Å². The van der Waals surface area contributed by atoms with Crippen LogP contribution in [0.1, 0.15) is 25.6 Å². The third-order valence-corrected chi connectivity index (χ3v) is 2.35. The molecular formula is C10H19N3O2. The van der Waals surface area contributed by atoms with Crippen LogP contribution in [0.25, 0.3) is 0 Å². The predicted octanol–water partition coefficient (Wildman–Crippen LogP) is 1.23. The molecule has 0 saturated carbocycles. The van der Waals surface area contributed by atoms with Gasteiger partial charge in [0.2, 0.25) is 5.89 Å². The summed E-state index contributed by atoms with van der Waals surface area (Å²) in [6, 6.07) is 0.360. The maximum atomic E-state index is 5.12. The van der Waals surface area contributed by atoms with Gasteiger partial charge in [0.15, 0.2) is 5.82 Å². The fourth-order valence-corrected chi connectivity index (χ4v) is 1.51. The molecule has 15 heavy (non-hydrogen) atoms. The third kappa shape index (κ3) is 3.60. The van der Waals surface area contributed by atoms with Gasteiger partial charge in [-0.2, -0.15) is 4.98 Å². The van der Waals surface area contributed by atoms with E-state index in [1.165, 1.54) is 0 Å². The summed E-state index contributed by atoms with van der Waals surface area (Å²) in [6.45, 7) is 8.39. The molecule has 0 aliphatic carbocycles. The maximum Gasteiger partial charge on any atom is 0.223 e. The number of rotatable bonds is 6. The molecular weight excluding hydrogens is 194 g/mol. The lowest BCUT2D eigenvalue weighted by atomic mass is 10.3. The van der Waals surface area contributed by atoms with E-state index in [4.69, 9.17) is 9.26 Å². The van der Waals surface area contributed by atoms with Crippen molar-refractivity contribution in [2.45, 2.75) is 33.4 Å². The Morgan fingerprint density at radius 2 is 2.27 bits per heavy atom. The first-order valence-electron chi connectivity index (χ1n) is 5.19. The molecule has 0 aliphatic heterocycles. The van der Waals surface area contributed by atoms with E-state index in [1.54, 1.807) is 14.0 Å². The van der Waals surface area contributed by atoms with Crippen LogP contribution in [0, 0.1) is 6.92 Å². The van der Waals surface area contributed by atoms with Crippen molar-refractivity contribution in [3.8, 4) is 0 Å². The highest BCUT2D eigenvalue weighted by Crippen LogP contribution is 2.05.